The van der Waals surface area contributed by atoms with Gasteiger partial charge >= 0.3 is 0 Å². The van der Waals surface area contributed by atoms with E-state index in [2.05, 4.69) is 40.3 Å². The average molecular weight is 302 g/mol. The molecule has 1 unspecified atom stereocenters. The number of hydrogen-bond acceptors (Lipinski definition) is 3. The smallest absolute Gasteiger partial charge is 0.172 e. The maximum atomic E-state index is 5.32. The molecule has 0 saturated heterocycles. The molecule has 0 aliphatic rings. The fourth-order valence-electron chi connectivity index (χ4n) is 1.87. The van der Waals surface area contributed by atoms with Gasteiger partial charge in [0.1, 0.15) is 0 Å². The molecule has 1 N–H and O–H groups in total. The SMILES string of the molecule is CCNC(Cc1cccc(Br)c1)C(OC)OC. The van der Waals surface area contributed by atoms with Crippen LogP contribution in [0.15, 0.2) is 28.7 Å². The molecule has 0 saturated carbocycles. The summed E-state index contributed by atoms with van der Waals surface area (Å²) in [7, 11) is 3.33. The topological polar surface area (TPSA) is 30.5 Å². The van der Waals surface area contributed by atoms with Crippen molar-refractivity contribution in [1.82, 2.24) is 5.32 Å². The summed E-state index contributed by atoms with van der Waals surface area (Å²) in [6.07, 6.45) is 0.647. The van der Waals surface area contributed by atoms with Gasteiger partial charge in [-0.2, -0.15) is 0 Å². The molecule has 1 rings (SSSR count). The molecule has 3 nitrogen and oxygen atoms in total. The summed E-state index contributed by atoms with van der Waals surface area (Å²) in [5.74, 6) is 0. The highest BCUT2D eigenvalue weighted by Gasteiger charge is 2.20. The second-order valence-corrected chi connectivity index (χ2v) is 4.75. The molecule has 0 bridgehead atoms. The van der Waals surface area contributed by atoms with Crippen molar-refractivity contribution in [3.8, 4) is 0 Å². The van der Waals surface area contributed by atoms with Gasteiger partial charge in [-0.1, -0.05) is 35.0 Å². The molecule has 0 aliphatic carbocycles. The highest BCUT2D eigenvalue weighted by Crippen LogP contribution is 2.15. The van der Waals surface area contributed by atoms with Gasteiger partial charge in [0.2, 0.25) is 0 Å². The lowest BCUT2D eigenvalue weighted by atomic mass is 10.1. The molecule has 1 aromatic carbocycles. The monoisotopic (exact) mass is 301 g/mol. The van der Waals surface area contributed by atoms with E-state index in [1.165, 1.54) is 5.56 Å². The van der Waals surface area contributed by atoms with Crippen LogP contribution in [0.5, 0.6) is 0 Å². The van der Waals surface area contributed by atoms with Gasteiger partial charge in [-0.15, -0.1) is 0 Å². The first kappa shape index (κ1) is 14.6. The molecular weight excluding hydrogens is 282 g/mol. The lowest BCUT2D eigenvalue weighted by Gasteiger charge is -2.25. The minimum Gasteiger partial charge on any atom is -0.354 e. The lowest BCUT2D eigenvalue weighted by molar-refractivity contribution is -0.122. The molecule has 0 amide bonds. The van der Waals surface area contributed by atoms with Gasteiger partial charge in [-0.25, -0.2) is 0 Å². The molecule has 4 heteroatoms. The fourth-order valence-corrected chi connectivity index (χ4v) is 2.32. The van der Waals surface area contributed by atoms with Crippen molar-refractivity contribution < 1.29 is 9.47 Å². The van der Waals surface area contributed by atoms with E-state index in [1.54, 1.807) is 14.2 Å². The summed E-state index contributed by atoms with van der Waals surface area (Å²) in [5, 5.41) is 3.39. The molecule has 1 atom stereocenters. The van der Waals surface area contributed by atoms with Crippen LogP contribution in [0, 0.1) is 0 Å². The lowest BCUT2D eigenvalue weighted by Crippen LogP contribution is -2.43. The van der Waals surface area contributed by atoms with Crippen molar-refractivity contribution in [3.05, 3.63) is 34.3 Å². The van der Waals surface area contributed by atoms with Crippen LogP contribution in [0.3, 0.4) is 0 Å². The van der Waals surface area contributed by atoms with E-state index in [9.17, 15) is 0 Å². The molecule has 96 valence electrons. The van der Waals surface area contributed by atoms with Crippen molar-refractivity contribution in [2.45, 2.75) is 25.7 Å². The molecule has 0 fully saturated rings. The molecule has 1 aromatic rings. The van der Waals surface area contributed by atoms with Crippen molar-refractivity contribution >= 4 is 15.9 Å². The Balaban J connectivity index is 2.71. The number of hydrogen-bond donors (Lipinski definition) is 1. The van der Waals surface area contributed by atoms with Crippen LogP contribution in [0.25, 0.3) is 0 Å². The van der Waals surface area contributed by atoms with Gasteiger partial charge in [0.15, 0.2) is 6.29 Å². The number of rotatable bonds is 7. The Hall–Kier alpha value is -0.420. The molecule has 0 radical (unpaired) electrons. The maximum absolute atomic E-state index is 5.32. The zero-order chi connectivity index (χ0) is 12.7. The van der Waals surface area contributed by atoms with E-state index < -0.39 is 0 Å². The molecule has 0 heterocycles. The molecule has 0 spiro atoms. The van der Waals surface area contributed by atoms with Crippen LogP contribution in [-0.2, 0) is 15.9 Å². The van der Waals surface area contributed by atoms with Crippen LogP contribution in [0.4, 0.5) is 0 Å². The van der Waals surface area contributed by atoms with Crippen LogP contribution >= 0.6 is 15.9 Å². The minimum atomic E-state index is -0.228. The van der Waals surface area contributed by atoms with Crippen molar-refractivity contribution in [3.63, 3.8) is 0 Å². The van der Waals surface area contributed by atoms with Gasteiger partial charge in [0, 0.05) is 18.7 Å². The zero-order valence-electron chi connectivity index (χ0n) is 10.6. The molecule has 17 heavy (non-hydrogen) atoms. The summed E-state index contributed by atoms with van der Waals surface area (Å²) in [4.78, 5) is 0. The van der Waals surface area contributed by atoms with Gasteiger partial charge < -0.3 is 14.8 Å². The Morgan fingerprint density at radius 3 is 2.53 bits per heavy atom. The van der Waals surface area contributed by atoms with Crippen LogP contribution in [0.1, 0.15) is 12.5 Å². The summed E-state index contributed by atoms with van der Waals surface area (Å²) in [6.45, 7) is 2.97. The number of methoxy groups -OCH3 is 2. The number of nitrogens with one attached hydrogen (secondary N) is 1. The van der Waals surface area contributed by atoms with Gasteiger partial charge in [-0.3, -0.25) is 0 Å². The summed E-state index contributed by atoms with van der Waals surface area (Å²) >= 11 is 3.48. The van der Waals surface area contributed by atoms with Gasteiger partial charge in [-0.05, 0) is 30.7 Å². The Labute approximate surface area is 112 Å². The van der Waals surface area contributed by atoms with E-state index in [0.29, 0.717) is 0 Å². The summed E-state index contributed by atoms with van der Waals surface area (Å²) in [6, 6.07) is 8.45. The van der Waals surface area contributed by atoms with E-state index in [1.807, 2.05) is 12.1 Å². The first-order valence-corrected chi connectivity index (χ1v) is 6.54. The molecule has 0 aliphatic heterocycles. The fraction of sp³-hybridized carbons (Fsp3) is 0.538. The average Bonchev–Trinajstić information content (AvgIpc) is 2.31. The van der Waals surface area contributed by atoms with Crippen molar-refractivity contribution in [2.75, 3.05) is 20.8 Å². The maximum Gasteiger partial charge on any atom is 0.172 e. The van der Waals surface area contributed by atoms with Crippen LogP contribution < -0.4 is 5.32 Å². The largest absolute Gasteiger partial charge is 0.354 e. The Morgan fingerprint density at radius 1 is 1.29 bits per heavy atom. The number of likely N-dealkylation sites (N-methyl/N-ethyl adjacent to an activating group) is 1. The number of halogens is 1. The molecular formula is C13H20BrNO2. The second kappa shape index (κ2) is 7.82. The first-order valence-electron chi connectivity index (χ1n) is 5.74. The third-order valence-corrected chi connectivity index (χ3v) is 3.10. The van der Waals surface area contributed by atoms with Crippen LogP contribution in [-0.4, -0.2) is 33.1 Å². The van der Waals surface area contributed by atoms with Crippen LogP contribution in [0.2, 0.25) is 0 Å². The highest BCUT2D eigenvalue weighted by molar-refractivity contribution is 9.10. The molecule has 0 aromatic heterocycles. The minimum absolute atomic E-state index is 0.157. The second-order valence-electron chi connectivity index (χ2n) is 3.84. The quantitative estimate of drug-likeness (QED) is 0.785. The van der Waals surface area contributed by atoms with Crippen molar-refractivity contribution in [1.29, 1.82) is 0 Å². The van der Waals surface area contributed by atoms with E-state index in [0.717, 1.165) is 17.4 Å². The van der Waals surface area contributed by atoms with Gasteiger partial charge in [0.25, 0.3) is 0 Å². The number of ether oxygens (including phenoxy) is 2. The predicted molar refractivity (Wildman–Crippen MR) is 73.1 cm³/mol. The van der Waals surface area contributed by atoms with E-state index in [-0.39, 0.29) is 12.3 Å². The van der Waals surface area contributed by atoms with E-state index in [4.69, 9.17) is 9.47 Å². The van der Waals surface area contributed by atoms with E-state index >= 15 is 0 Å². The van der Waals surface area contributed by atoms with Crippen molar-refractivity contribution in [2.24, 2.45) is 0 Å². The summed E-state index contributed by atoms with van der Waals surface area (Å²) in [5.41, 5.74) is 1.25. The standard InChI is InChI=1S/C13H20BrNO2/c1-4-15-12(13(16-2)17-3)9-10-6-5-7-11(14)8-10/h5-8,12-13,15H,4,9H2,1-3H3. The Kier molecular flexibility index (Phi) is 6.73. The third kappa shape index (κ3) is 4.76. The zero-order valence-corrected chi connectivity index (χ0v) is 12.2. The third-order valence-electron chi connectivity index (χ3n) is 2.60. The first-order chi connectivity index (χ1) is 8.21. The Bertz CT molecular complexity index is 329. The highest BCUT2D eigenvalue weighted by atomic mass is 79.9. The predicted octanol–water partition coefficient (Wildman–Crippen LogP) is 2.59. The summed E-state index contributed by atoms with van der Waals surface area (Å²) < 4.78 is 11.7. The van der Waals surface area contributed by atoms with Gasteiger partial charge in [0.05, 0.1) is 6.04 Å². The Morgan fingerprint density at radius 2 is 2.00 bits per heavy atom. The number of benzene rings is 1. The normalized spacial score (nSPS) is 13.0.